The van der Waals surface area contributed by atoms with Crippen molar-refractivity contribution in [3.05, 3.63) is 0 Å². The summed E-state index contributed by atoms with van der Waals surface area (Å²) in [4.78, 5) is 0. The van der Waals surface area contributed by atoms with Crippen molar-refractivity contribution in [2.75, 3.05) is 6.54 Å². The molecule has 0 aromatic carbocycles. The van der Waals surface area contributed by atoms with E-state index in [1.165, 1.54) is 0 Å². The van der Waals surface area contributed by atoms with Gasteiger partial charge in [0.1, 0.15) is 0 Å². The van der Waals surface area contributed by atoms with Gasteiger partial charge in [-0.15, -0.1) is 0 Å². The van der Waals surface area contributed by atoms with E-state index in [1.807, 2.05) is 0 Å². The van der Waals surface area contributed by atoms with Gasteiger partial charge in [0, 0.05) is 19.0 Å². The normalized spacial score (nSPS) is 11.7. The second kappa shape index (κ2) is 10.8. The molecule has 0 aromatic heterocycles. The maximum absolute atomic E-state index is 8.27. The second-order valence-electron chi connectivity index (χ2n) is 1.71. The molecule has 4 nitrogen and oxygen atoms in total. The Morgan fingerprint density at radius 2 is 1.60 bits per heavy atom. The third-order valence-corrected chi connectivity index (χ3v) is 0.816. The molecule has 0 heterocycles. The molecule has 0 aliphatic heterocycles. The fraction of sp³-hybridized carbons (Fsp3) is 1.00. The summed E-state index contributed by atoms with van der Waals surface area (Å²) >= 11 is 0. The summed E-state index contributed by atoms with van der Waals surface area (Å²) in [6.07, 6.45) is -1.18. The van der Waals surface area contributed by atoms with Crippen LogP contribution in [-0.4, -0.2) is 29.1 Å². The molecule has 0 saturated carbocycles. The monoisotopic (exact) mass is 166 g/mol. The molecular weight excluding hydrogens is 154 g/mol. The molecule has 0 radical (unpaired) electrons. The molecule has 6 heteroatoms. The van der Waals surface area contributed by atoms with Gasteiger partial charge in [-0.1, -0.05) is 0 Å². The zero-order chi connectivity index (χ0) is 6.57. The fourth-order valence-corrected chi connectivity index (χ4v) is 0.367. The van der Waals surface area contributed by atoms with Crippen LogP contribution in [0.1, 0.15) is 6.42 Å². The number of aliphatic hydroxyl groups excluding tert-OH is 1. The molecule has 0 aliphatic carbocycles. The van der Waals surface area contributed by atoms with E-state index in [0.717, 1.165) is 0 Å². The molecule has 0 bridgehead atoms. The second-order valence-corrected chi connectivity index (χ2v) is 1.71. The van der Waals surface area contributed by atoms with E-state index in [0.29, 0.717) is 0 Å². The van der Waals surface area contributed by atoms with Crippen LogP contribution in [0.2, 0.25) is 0 Å². The van der Waals surface area contributed by atoms with Crippen molar-refractivity contribution >= 4 is 0 Å². The van der Waals surface area contributed by atoms with Crippen molar-refractivity contribution < 1.29 is 69.3 Å². The summed E-state index contributed by atoms with van der Waals surface area (Å²) in [6, 6.07) is -0.296. The van der Waals surface area contributed by atoms with Gasteiger partial charge in [-0.05, 0) is 0 Å². The molecule has 50 valence electrons. The van der Waals surface area contributed by atoms with Gasteiger partial charge in [-0.25, -0.2) is 0 Å². The van der Waals surface area contributed by atoms with E-state index in [1.54, 1.807) is 0 Å². The Morgan fingerprint density at radius 3 is 1.70 bits per heavy atom. The van der Waals surface area contributed by atoms with Crippen molar-refractivity contribution in [1.82, 2.24) is 0 Å². The average Bonchev–Trinajstić information content (AvgIpc) is 1.65. The summed E-state index contributed by atoms with van der Waals surface area (Å²) in [7, 11) is 0. The molecule has 10 heavy (non-hydrogen) atoms. The minimum atomic E-state index is -1.33. The van der Waals surface area contributed by atoms with Crippen molar-refractivity contribution in [3.63, 3.8) is 0 Å². The summed E-state index contributed by atoms with van der Waals surface area (Å²) in [6.45, 7) is 0.289. The Morgan fingerprint density at radius 1 is 1.20 bits per heavy atom. The van der Waals surface area contributed by atoms with Gasteiger partial charge in [0.05, 0.1) is 0 Å². The van der Waals surface area contributed by atoms with E-state index in [9.17, 15) is 0 Å². The van der Waals surface area contributed by atoms with Crippen LogP contribution < -0.4 is 70.6 Å². The molecule has 0 aromatic rings. The number of nitrogens with two attached hydrogens (primary N) is 2. The maximum Gasteiger partial charge on any atom is 1.00 e. The van der Waals surface area contributed by atoms with Crippen LogP contribution in [0.15, 0.2) is 0 Å². The van der Waals surface area contributed by atoms with Crippen LogP contribution in [0.4, 0.5) is 0 Å². The average molecular weight is 166 g/mol. The fourth-order valence-electron chi connectivity index (χ4n) is 0.367. The van der Waals surface area contributed by atoms with Gasteiger partial charge in [-0.2, -0.15) is 0 Å². The summed E-state index contributed by atoms with van der Waals surface area (Å²) in [5, 5.41) is 16.5. The predicted molar refractivity (Wildman–Crippen MR) is 29.9 cm³/mol. The van der Waals surface area contributed by atoms with Crippen molar-refractivity contribution in [3.8, 4) is 0 Å². The van der Waals surface area contributed by atoms with Gasteiger partial charge in [-0.3, -0.25) is 0 Å². The first-order valence-corrected chi connectivity index (χ1v) is 2.48. The minimum absolute atomic E-state index is 0. The number of rotatable bonds is 3. The molecule has 1 atom stereocenters. The Kier molecular flexibility index (Phi) is 19.3. The van der Waals surface area contributed by atoms with Crippen LogP contribution >= 0.6 is 0 Å². The third kappa shape index (κ3) is 12.5. The molecule has 0 amide bonds. The Bertz CT molecular complexity index is 65.2. The van der Waals surface area contributed by atoms with Crippen molar-refractivity contribution in [2.24, 2.45) is 11.5 Å². The smallest absolute Gasteiger partial charge is 0.368 e. The van der Waals surface area contributed by atoms with Crippen LogP contribution in [0.3, 0.4) is 0 Å². The van der Waals surface area contributed by atoms with E-state index >= 15 is 0 Å². The third-order valence-electron chi connectivity index (χ3n) is 0.816. The number of hydrogen-bond acceptors (Lipinski definition) is 4. The Balaban J connectivity index is -0.000000245. The molecule has 0 fully saturated rings. The summed E-state index contributed by atoms with van der Waals surface area (Å²) in [5.74, 6) is 0. The molecule has 0 rings (SSSR count). The van der Waals surface area contributed by atoms with Crippen LogP contribution in [-0.2, 0) is 0 Å². The SMILES string of the molecule is NCC(N)CC(O)O.[Na+].[Na+]. The first kappa shape index (κ1) is 17.8. The summed E-state index contributed by atoms with van der Waals surface area (Å²) < 4.78 is 0. The first-order valence-electron chi connectivity index (χ1n) is 2.48. The largest absolute Gasteiger partial charge is 1.00 e. The van der Waals surface area contributed by atoms with E-state index in [4.69, 9.17) is 21.7 Å². The first-order chi connectivity index (χ1) is 3.66. The Hall–Kier alpha value is 1.84. The van der Waals surface area contributed by atoms with E-state index in [2.05, 4.69) is 0 Å². The Labute approximate surface area is 105 Å². The molecular formula is C4H12N2Na2O2+2. The van der Waals surface area contributed by atoms with Crippen molar-refractivity contribution in [2.45, 2.75) is 18.8 Å². The van der Waals surface area contributed by atoms with E-state index < -0.39 is 6.29 Å². The molecule has 0 aliphatic rings. The summed E-state index contributed by atoms with van der Waals surface area (Å²) in [5.41, 5.74) is 10.3. The maximum atomic E-state index is 8.27. The van der Waals surface area contributed by atoms with Gasteiger partial charge in [0.15, 0.2) is 6.29 Å². The topological polar surface area (TPSA) is 92.5 Å². The van der Waals surface area contributed by atoms with Crippen molar-refractivity contribution in [1.29, 1.82) is 0 Å². The van der Waals surface area contributed by atoms with Gasteiger partial charge in [0.25, 0.3) is 0 Å². The van der Waals surface area contributed by atoms with Gasteiger partial charge < -0.3 is 21.7 Å². The number of aliphatic hydroxyl groups is 2. The van der Waals surface area contributed by atoms with Crippen LogP contribution in [0.25, 0.3) is 0 Å². The molecule has 1 unspecified atom stereocenters. The molecule has 0 spiro atoms. The minimum Gasteiger partial charge on any atom is -0.368 e. The zero-order valence-electron chi connectivity index (χ0n) is 6.62. The zero-order valence-corrected chi connectivity index (χ0v) is 10.6. The standard InChI is InChI=1S/C4H12N2O2.2Na/c5-2-3(6)1-4(7)8;;/h3-4,7-8H,1-2,5-6H2;;/q;2*+1. The quantitative estimate of drug-likeness (QED) is 0.247. The predicted octanol–water partition coefficient (Wildman–Crippen LogP) is -8.02. The van der Waals surface area contributed by atoms with Gasteiger partial charge in [0.2, 0.25) is 0 Å². The van der Waals surface area contributed by atoms with E-state index in [-0.39, 0.29) is 78.1 Å². The van der Waals surface area contributed by atoms with Crippen LogP contribution in [0.5, 0.6) is 0 Å². The molecule has 6 N–H and O–H groups in total. The number of hydrogen-bond donors (Lipinski definition) is 4. The van der Waals surface area contributed by atoms with Gasteiger partial charge >= 0.3 is 59.1 Å². The molecule has 0 saturated heterocycles. The van der Waals surface area contributed by atoms with Crippen LogP contribution in [0, 0.1) is 0 Å².